The molecule has 4 rings (SSSR count). The normalized spacial score (nSPS) is 13.9. The fourth-order valence-electron chi connectivity index (χ4n) is 3.72. The molecule has 1 fully saturated rings. The molecule has 1 amide bonds. The van der Waals surface area contributed by atoms with Gasteiger partial charge in [-0.05, 0) is 25.1 Å². The van der Waals surface area contributed by atoms with Crippen molar-refractivity contribution in [1.29, 1.82) is 0 Å². The molecular formula is C24H27N5O. The Balaban J connectivity index is 1.36. The van der Waals surface area contributed by atoms with Gasteiger partial charge in [-0.3, -0.25) is 4.79 Å². The van der Waals surface area contributed by atoms with Crippen molar-refractivity contribution in [2.45, 2.75) is 6.92 Å². The van der Waals surface area contributed by atoms with Gasteiger partial charge in [-0.15, -0.1) is 0 Å². The van der Waals surface area contributed by atoms with Crippen molar-refractivity contribution in [2.24, 2.45) is 0 Å². The van der Waals surface area contributed by atoms with Crippen molar-refractivity contribution in [2.75, 3.05) is 49.1 Å². The van der Waals surface area contributed by atoms with Crippen LogP contribution in [0.25, 0.3) is 11.4 Å². The van der Waals surface area contributed by atoms with Gasteiger partial charge in [-0.25, -0.2) is 9.97 Å². The second kappa shape index (κ2) is 9.39. The summed E-state index contributed by atoms with van der Waals surface area (Å²) in [5.74, 6) is 1.82. The number of piperazine rings is 1. The van der Waals surface area contributed by atoms with Gasteiger partial charge in [0.1, 0.15) is 5.82 Å². The zero-order valence-corrected chi connectivity index (χ0v) is 17.3. The SMILES string of the molecule is CCN(CC(=O)N1CCN(c2ccnc(-c3ccccc3)n2)CC1)c1ccccc1. The van der Waals surface area contributed by atoms with Crippen LogP contribution in [0.5, 0.6) is 0 Å². The first-order valence-electron chi connectivity index (χ1n) is 10.5. The first kappa shape index (κ1) is 19.9. The number of amides is 1. The summed E-state index contributed by atoms with van der Waals surface area (Å²) in [6, 6.07) is 22.1. The van der Waals surface area contributed by atoms with E-state index in [4.69, 9.17) is 4.98 Å². The highest BCUT2D eigenvalue weighted by Crippen LogP contribution is 2.19. The van der Waals surface area contributed by atoms with E-state index in [1.807, 2.05) is 71.6 Å². The standard InChI is InChI=1S/C24H27N5O/c1-2-27(21-11-7-4-8-12-21)19-23(30)29-17-15-28(16-18-29)22-13-14-25-24(26-22)20-9-5-3-6-10-20/h3-14H,2,15-19H2,1H3. The van der Waals surface area contributed by atoms with Crippen molar-refractivity contribution >= 4 is 17.4 Å². The molecule has 2 aromatic carbocycles. The maximum Gasteiger partial charge on any atom is 0.242 e. The highest BCUT2D eigenvalue weighted by Gasteiger charge is 2.23. The monoisotopic (exact) mass is 401 g/mol. The Hall–Kier alpha value is -3.41. The van der Waals surface area contributed by atoms with Gasteiger partial charge in [0.05, 0.1) is 6.54 Å². The van der Waals surface area contributed by atoms with Gasteiger partial charge in [0.15, 0.2) is 5.82 Å². The number of nitrogens with zero attached hydrogens (tertiary/aromatic N) is 5. The second-order valence-corrected chi connectivity index (χ2v) is 7.32. The molecule has 0 atom stereocenters. The lowest BCUT2D eigenvalue weighted by Crippen LogP contribution is -2.51. The van der Waals surface area contributed by atoms with Crippen LogP contribution in [0.2, 0.25) is 0 Å². The molecule has 2 heterocycles. The van der Waals surface area contributed by atoms with E-state index in [1.165, 1.54) is 0 Å². The third-order valence-corrected chi connectivity index (χ3v) is 5.46. The molecule has 1 aromatic heterocycles. The van der Waals surface area contributed by atoms with E-state index in [1.54, 1.807) is 6.20 Å². The summed E-state index contributed by atoms with van der Waals surface area (Å²) in [6.45, 7) is 6.25. The molecule has 154 valence electrons. The molecule has 0 unspecified atom stereocenters. The van der Waals surface area contributed by atoms with Crippen LogP contribution in [-0.2, 0) is 4.79 Å². The van der Waals surface area contributed by atoms with Gasteiger partial charge in [0.25, 0.3) is 0 Å². The molecule has 0 N–H and O–H groups in total. The van der Waals surface area contributed by atoms with Crippen LogP contribution in [0.3, 0.4) is 0 Å². The Morgan fingerprint density at radius 2 is 1.60 bits per heavy atom. The zero-order chi connectivity index (χ0) is 20.8. The van der Waals surface area contributed by atoms with Crippen molar-refractivity contribution in [1.82, 2.24) is 14.9 Å². The Morgan fingerprint density at radius 3 is 2.27 bits per heavy atom. The minimum Gasteiger partial charge on any atom is -0.362 e. The lowest BCUT2D eigenvalue weighted by Gasteiger charge is -2.36. The predicted molar refractivity (Wildman–Crippen MR) is 121 cm³/mol. The molecule has 0 spiro atoms. The summed E-state index contributed by atoms with van der Waals surface area (Å²) < 4.78 is 0. The van der Waals surface area contributed by atoms with E-state index in [2.05, 4.69) is 21.7 Å². The first-order chi connectivity index (χ1) is 14.7. The maximum atomic E-state index is 12.9. The first-order valence-corrected chi connectivity index (χ1v) is 10.5. The number of aromatic nitrogens is 2. The summed E-state index contributed by atoms with van der Waals surface area (Å²) in [5.41, 5.74) is 2.09. The molecule has 1 saturated heterocycles. The molecule has 0 bridgehead atoms. The van der Waals surface area contributed by atoms with E-state index < -0.39 is 0 Å². The summed E-state index contributed by atoms with van der Waals surface area (Å²) in [6.07, 6.45) is 1.81. The van der Waals surface area contributed by atoms with Gasteiger partial charge in [-0.2, -0.15) is 0 Å². The molecule has 30 heavy (non-hydrogen) atoms. The quantitative estimate of drug-likeness (QED) is 0.634. The Kier molecular flexibility index (Phi) is 6.23. The number of hydrogen-bond donors (Lipinski definition) is 0. The van der Waals surface area contributed by atoms with E-state index in [-0.39, 0.29) is 5.91 Å². The summed E-state index contributed by atoms with van der Waals surface area (Å²) in [5, 5.41) is 0. The van der Waals surface area contributed by atoms with Crippen molar-refractivity contribution in [3.8, 4) is 11.4 Å². The largest absolute Gasteiger partial charge is 0.362 e. The number of likely N-dealkylation sites (N-methyl/N-ethyl adjacent to an activating group) is 1. The maximum absolute atomic E-state index is 12.9. The van der Waals surface area contributed by atoms with Crippen LogP contribution in [-0.4, -0.2) is 60.0 Å². The summed E-state index contributed by atoms with van der Waals surface area (Å²) in [7, 11) is 0. The van der Waals surface area contributed by atoms with E-state index in [0.29, 0.717) is 19.6 Å². The minimum atomic E-state index is 0.174. The molecule has 1 aliphatic heterocycles. The Bertz CT molecular complexity index is 956. The summed E-state index contributed by atoms with van der Waals surface area (Å²) >= 11 is 0. The highest BCUT2D eigenvalue weighted by molar-refractivity contribution is 5.81. The number of carbonyl (C=O) groups excluding carboxylic acids is 1. The number of hydrogen-bond acceptors (Lipinski definition) is 5. The van der Waals surface area contributed by atoms with Crippen LogP contribution in [0.4, 0.5) is 11.5 Å². The van der Waals surface area contributed by atoms with Crippen molar-refractivity contribution in [3.63, 3.8) is 0 Å². The summed E-state index contributed by atoms with van der Waals surface area (Å²) in [4.78, 5) is 28.3. The van der Waals surface area contributed by atoms with Crippen LogP contribution in [0.15, 0.2) is 72.9 Å². The molecular weight excluding hydrogens is 374 g/mol. The topological polar surface area (TPSA) is 52.6 Å². The van der Waals surface area contributed by atoms with Crippen LogP contribution >= 0.6 is 0 Å². The number of carbonyl (C=O) groups is 1. The predicted octanol–water partition coefficient (Wildman–Crippen LogP) is 3.32. The third kappa shape index (κ3) is 4.59. The number of benzene rings is 2. The molecule has 1 aliphatic rings. The zero-order valence-electron chi connectivity index (χ0n) is 17.3. The van der Waals surface area contributed by atoms with Gasteiger partial charge in [0, 0.05) is 50.2 Å². The van der Waals surface area contributed by atoms with E-state index in [9.17, 15) is 4.79 Å². The number of para-hydroxylation sites is 1. The second-order valence-electron chi connectivity index (χ2n) is 7.32. The lowest BCUT2D eigenvalue weighted by atomic mass is 10.2. The Labute approximate surface area is 177 Å². The highest BCUT2D eigenvalue weighted by atomic mass is 16.2. The molecule has 3 aromatic rings. The fourth-order valence-corrected chi connectivity index (χ4v) is 3.72. The van der Waals surface area contributed by atoms with Crippen molar-refractivity contribution < 1.29 is 4.79 Å². The molecule has 0 saturated carbocycles. The molecule has 6 nitrogen and oxygen atoms in total. The van der Waals surface area contributed by atoms with E-state index in [0.717, 1.165) is 42.5 Å². The number of rotatable bonds is 6. The average Bonchev–Trinajstić information content (AvgIpc) is 2.83. The van der Waals surface area contributed by atoms with Crippen molar-refractivity contribution in [3.05, 3.63) is 72.9 Å². The lowest BCUT2D eigenvalue weighted by molar-refractivity contribution is -0.130. The van der Waals surface area contributed by atoms with Gasteiger partial charge in [0.2, 0.25) is 5.91 Å². The fraction of sp³-hybridized carbons (Fsp3) is 0.292. The van der Waals surface area contributed by atoms with Crippen LogP contribution < -0.4 is 9.80 Å². The number of anilines is 2. The molecule has 6 heteroatoms. The Morgan fingerprint density at radius 1 is 0.933 bits per heavy atom. The van der Waals surface area contributed by atoms with E-state index >= 15 is 0 Å². The molecule has 0 aliphatic carbocycles. The third-order valence-electron chi connectivity index (χ3n) is 5.46. The average molecular weight is 402 g/mol. The van der Waals surface area contributed by atoms with Gasteiger partial charge >= 0.3 is 0 Å². The van der Waals surface area contributed by atoms with Gasteiger partial charge in [-0.1, -0.05) is 48.5 Å². The van der Waals surface area contributed by atoms with Crippen LogP contribution in [0, 0.1) is 0 Å². The smallest absolute Gasteiger partial charge is 0.242 e. The van der Waals surface area contributed by atoms with Gasteiger partial charge < -0.3 is 14.7 Å². The molecule has 0 radical (unpaired) electrons. The minimum absolute atomic E-state index is 0.174. The van der Waals surface area contributed by atoms with Crippen LogP contribution in [0.1, 0.15) is 6.92 Å².